The second-order valence-electron chi connectivity index (χ2n) is 6.56. The highest BCUT2D eigenvalue weighted by Gasteiger charge is 2.19. The fraction of sp³-hybridized carbons (Fsp3) is 0.368. The highest BCUT2D eigenvalue weighted by atomic mass is 15.2. The molecule has 0 aliphatic carbocycles. The van der Waals surface area contributed by atoms with E-state index in [4.69, 9.17) is 9.97 Å². The molecular weight excluding hydrogens is 326 g/mol. The molecule has 0 bridgehead atoms. The van der Waals surface area contributed by atoms with Crippen LogP contribution in [0.4, 0.5) is 5.82 Å². The standard InChI is InChI=1S/C19H23N7/c1-26(11-6-14-12-22-23-13-14)19-16-4-9-21-10-5-17(16)24-18(25-19)15-2-7-20-8-3-15/h2-3,7-8,12-13,21H,4-6,9-11H2,1H3,(H,22,23). The number of aromatic nitrogens is 5. The number of likely N-dealkylation sites (N-methyl/N-ethyl adjacent to an activating group) is 1. The molecule has 0 saturated carbocycles. The number of fused-ring (bicyclic) bond motifs is 1. The average Bonchev–Trinajstić information content (AvgIpc) is 3.09. The number of rotatable bonds is 5. The van der Waals surface area contributed by atoms with Crippen molar-refractivity contribution in [3.8, 4) is 11.4 Å². The monoisotopic (exact) mass is 349 g/mol. The van der Waals surface area contributed by atoms with Crippen LogP contribution in [-0.2, 0) is 19.3 Å². The molecule has 7 nitrogen and oxygen atoms in total. The van der Waals surface area contributed by atoms with Crippen LogP contribution < -0.4 is 10.2 Å². The minimum absolute atomic E-state index is 0.776. The van der Waals surface area contributed by atoms with Gasteiger partial charge in [-0.05, 0) is 37.1 Å². The molecule has 7 heteroatoms. The molecule has 0 radical (unpaired) electrons. The van der Waals surface area contributed by atoms with Gasteiger partial charge in [0.25, 0.3) is 0 Å². The first-order valence-electron chi connectivity index (χ1n) is 9.01. The third kappa shape index (κ3) is 3.57. The average molecular weight is 349 g/mol. The van der Waals surface area contributed by atoms with Crippen molar-refractivity contribution in [3.05, 3.63) is 53.7 Å². The first-order valence-corrected chi connectivity index (χ1v) is 9.01. The van der Waals surface area contributed by atoms with E-state index >= 15 is 0 Å². The number of hydrogen-bond acceptors (Lipinski definition) is 6. The molecular formula is C19H23N7. The quantitative estimate of drug-likeness (QED) is 0.728. The first-order chi connectivity index (χ1) is 12.8. The predicted molar refractivity (Wildman–Crippen MR) is 101 cm³/mol. The largest absolute Gasteiger partial charge is 0.359 e. The van der Waals surface area contributed by atoms with E-state index in [-0.39, 0.29) is 0 Å². The molecule has 0 amide bonds. The number of hydrogen-bond donors (Lipinski definition) is 2. The molecule has 0 unspecified atom stereocenters. The van der Waals surface area contributed by atoms with Crippen molar-refractivity contribution in [2.75, 3.05) is 31.6 Å². The Hall–Kier alpha value is -2.80. The maximum Gasteiger partial charge on any atom is 0.161 e. The van der Waals surface area contributed by atoms with Crippen molar-refractivity contribution >= 4 is 5.82 Å². The molecule has 0 fully saturated rings. The van der Waals surface area contributed by atoms with Crippen molar-refractivity contribution in [1.82, 2.24) is 30.5 Å². The number of pyridine rings is 1. The summed E-state index contributed by atoms with van der Waals surface area (Å²) in [6.07, 6.45) is 10.2. The molecule has 3 aromatic heterocycles. The molecule has 4 heterocycles. The smallest absolute Gasteiger partial charge is 0.161 e. The van der Waals surface area contributed by atoms with Crippen LogP contribution in [0.5, 0.6) is 0 Å². The maximum atomic E-state index is 4.93. The Morgan fingerprint density at radius 2 is 1.96 bits per heavy atom. The third-order valence-corrected chi connectivity index (χ3v) is 4.75. The number of aromatic amines is 1. The van der Waals surface area contributed by atoms with E-state index in [9.17, 15) is 0 Å². The molecule has 134 valence electrons. The molecule has 0 atom stereocenters. The lowest BCUT2D eigenvalue weighted by atomic mass is 10.1. The van der Waals surface area contributed by atoms with Gasteiger partial charge in [-0.3, -0.25) is 10.1 Å². The molecule has 1 aliphatic rings. The Balaban J connectivity index is 1.68. The first kappa shape index (κ1) is 16.7. The van der Waals surface area contributed by atoms with Crippen LogP contribution in [-0.4, -0.2) is 51.8 Å². The Labute approximate surface area is 152 Å². The Morgan fingerprint density at radius 3 is 2.77 bits per heavy atom. The SMILES string of the molecule is CN(CCc1cn[nH]c1)c1nc(-c2ccncc2)nc2c1CCNCC2. The molecule has 26 heavy (non-hydrogen) atoms. The van der Waals surface area contributed by atoms with Gasteiger partial charge in [-0.1, -0.05) is 0 Å². The zero-order valence-corrected chi connectivity index (χ0v) is 14.9. The van der Waals surface area contributed by atoms with Gasteiger partial charge in [0.15, 0.2) is 5.82 Å². The fourth-order valence-electron chi connectivity index (χ4n) is 3.29. The summed E-state index contributed by atoms with van der Waals surface area (Å²) in [4.78, 5) is 16.2. The molecule has 4 rings (SSSR count). The highest BCUT2D eigenvalue weighted by molar-refractivity contribution is 5.60. The van der Waals surface area contributed by atoms with Gasteiger partial charge in [0, 0.05) is 56.3 Å². The van der Waals surface area contributed by atoms with Crippen molar-refractivity contribution < 1.29 is 0 Å². The van der Waals surface area contributed by atoms with Crippen LogP contribution in [0.15, 0.2) is 36.9 Å². The van der Waals surface area contributed by atoms with Gasteiger partial charge in [-0.25, -0.2) is 9.97 Å². The summed E-state index contributed by atoms with van der Waals surface area (Å²) < 4.78 is 0. The lowest BCUT2D eigenvalue weighted by molar-refractivity contribution is 0.708. The van der Waals surface area contributed by atoms with Gasteiger partial charge < -0.3 is 10.2 Å². The van der Waals surface area contributed by atoms with Crippen molar-refractivity contribution in [3.63, 3.8) is 0 Å². The molecule has 3 aromatic rings. The third-order valence-electron chi connectivity index (χ3n) is 4.75. The Kier molecular flexibility index (Phi) is 4.88. The summed E-state index contributed by atoms with van der Waals surface area (Å²) in [5.74, 6) is 1.81. The van der Waals surface area contributed by atoms with Crippen LogP contribution in [0.3, 0.4) is 0 Å². The van der Waals surface area contributed by atoms with Crippen molar-refractivity contribution in [2.24, 2.45) is 0 Å². The van der Waals surface area contributed by atoms with E-state index in [1.807, 2.05) is 24.5 Å². The molecule has 0 saturated heterocycles. The van der Waals surface area contributed by atoms with Gasteiger partial charge in [-0.15, -0.1) is 0 Å². The van der Waals surface area contributed by atoms with E-state index < -0.39 is 0 Å². The van der Waals surface area contributed by atoms with E-state index in [1.165, 1.54) is 11.1 Å². The minimum atomic E-state index is 0.776. The van der Waals surface area contributed by atoms with Crippen LogP contribution in [0, 0.1) is 0 Å². The lowest BCUT2D eigenvalue weighted by Gasteiger charge is -2.23. The summed E-state index contributed by atoms with van der Waals surface area (Å²) in [6, 6.07) is 3.93. The zero-order chi connectivity index (χ0) is 17.8. The summed E-state index contributed by atoms with van der Waals surface area (Å²) in [7, 11) is 2.11. The molecule has 0 spiro atoms. The summed E-state index contributed by atoms with van der Waals surface area (Å²) in [5, 5.41) is 10.4. The van der Waals surface area contributed by atoms with Crippen molar-refractivity contribution in [1.29, 1.82) is 0 Å². The van der Waals surface area contributed by atoms with Crippen LogP contribution >= 0.6 is 0 Å². The number of nitrogens with zero attached hydrogens (tertiary/aromatic N) is 5. The Morgan fingerprint density at radius 1 is 1.12 bits per heavy atom. The summed E-state index contributed by atoms with van der Waals surface area (Å²) in [5.41, 5.74) is 4.63. The van der Waals surface area contributed by atoms with Gasteiger partial charge in [0.05, 0.1) is 11.9 Å². The van der Waals surface area contributed by atoms with Gasteiger partial charge in [0.1, 0.15) is 5.82 Å². The number of anilines is 1. The fourth-order valence-corrected chi connectivity index (χ4v) is 3.29. The van der Waals surface area contributed by atoms with Crippen LogP contribution in [0.1, 0.15) is 16.8 Å². The highest BCUT2D eigenvalue weighted by Crippen LogP contribution is 2.26. The van der Waals surface area contributed by atoms with E-state index in [2.05, 4.69) is 32.4 Å². The van der Waals surface area contributed by atoms with Gasteiger partial charge in [-0.2, -0.15) is 5.10 Å². The topological polar surface area (TPSA) is 82.6 Å². The normalized spacial score (nSPS) is 13.9. The molecule has 2 N–H and O–H groups in total. The zero-order valence-electron chi connectivity index (χ0n) is 14.9. The number of H-pyrrole nitrogens is 1. The Bertz CT molecular complexity index is 846. The van der Waals surface area contributed by atoms with Crippen molar-refractivity contribution in [2.45, 2.75) is 19.3 Å². The van der Waals surface area contributed by atoms with E-state index in [0.29, 0.717) is 0 Å². The molecule has 0 aromatic carbocycles. The second kappa shape index (κ2) is 7.61. The summed E-state index contributed by atoms with van der Waals surface area (Å²) in [6.45, 7) is 2.80. The minimum Gasteiger partial charge on any atom is -0.359 e. The second-order valence-corrected chi connectivity index (χ2v) is 6.56. The van der Waals surface area contributed by atoms with Crippen LogP contribution in [0.25, 0.3) is 11.4 Å². The predicted octanol–water partition coefficient (Wildman–Crippen LogP) is 1.63. The van der Waals surface area contributed by atoms with Crippen LogP contribution in [0.2, 0.25) is 0 Å². The molecule has 1 aliphatic heterocycles. The summed E-state index contributed by atoms with van der Waals surface area (Å²) >= 11 is 0. The van der Waals surface area contributed by atoms with Gasteiger partial charge in [0.2, 0.25) is 0 Å². The lowest BCUT2D eigenvalue weighted by Crippen LogP contribution is -2.24. The number of nitrogens with one attached hydrogen (secondary N) is 2. The van der Waals surface area contributed by atoms with Gasteiger partial charge >= 0.3 is 0 Å². The van der Waals surface area contributed by atoms with E-state index in [1.54, 1.807) is 12.4 Å². The van der Waals surface area contributed by atoms with E-state index in [0.717, 1.165) is 61.8 Å². The maximum absolute atomic E-state index is 4.93.